The zero-order valence-corrected chi connectivity index (χ0v) is 19.0. The lowest BCUT2D eigenvalue weighted by atomic mass is 9.97. The van der Waals surface area contributed by atoms with E-state index in [0.717, 1.165) is 5.56 Å². The number of aliphatic carboxylic acids is 1. The molecule has 0 saturated heterocycles. The first-order valence-corrected chi connectivity index (χ1v) is 10.4. The molecule has 0 saturated carbocycles. The fourth-order valence-corrected chi connectivity index (χ4v) is 3.81. The Bertz CT molecular complexity index is 1160. The minimum Gasteiger partial charge on any atom is -0.479 e. The van der Waals surface area contributed by atoms with Crippen molar-refractivity contribution in [3.8, 4) is 16.8 Å². The lowest BCUT2D eigenvalue weighted by molar-refractivity contribution is -0.161. The molecule has 0 amide bonds. The zero-order chi connectivity index (χ0) is 22.9. The molecule has 0 aliphatic carbocycles. The second kappa shape index (κ2) is 8.69. The Kier molecular flexibility index (Phi) is 6.39. The molecule has 1 N–H and O–H groups in total. The van der Waals surface area contributed by atoms with Crippen LogP contribution < -0.4 is 5.43 Å². The van der Waals surface area contributed by atoms with Gasteiger partial charge in [-0.15, -0.1) is 0 Å². The lowest BCUT2D eigenvalue weighted by Gasteiger charge is -2.30. The van der Waals surface area contributed by atoms with Gasteiger partial charge >= 0.3 is 5.97 Å². The minimum absolute atomic E-state index is 0.215. The summed E-state index contributed by atoms with van der Waals surface area (Å²) in [5.41, 5.74) is 2.30. The molecule has 0 fully saturated rings. The molecule has 1 atom stereocenters. The van der Waals surface area contributed by atoms with Crippen LogP contribution in [0.5, 0.6) is 0 Å². The highest BCUT2D eigenvalue weighted by molar-refractivity contribution is 6.30. The summed E-state index contributed by atoms with van der Waals surface area (Å²) < 4.78 is 7.71. The SMILES string of the molecule is Cc1c(C(OC(C)(C)C)C(=O)O)n(-c2ccc(Cl)cc2)c(C)c(-c2ccccc2)c1=O. The molecule has 0 aliphatic rings. The van der Waals surface area contributed by atoms with E-state index in [4.69, 9.17) is 16.3 Å². The maximum Gasteiger partial charge on any atom is 0.339 e. The molecule has 31 heavy (non-hydrogen) atoms. The summed E-state index contributed by atoms with van der Waals surface area (Å²) in [6.45, 7) is 8.83. The number of hydrogen-bond donors (Lipinski definition) is 1. The quantitative estimate of drug-likeness (QED) is 0.552. The van der Waals surface area contributed by atoms with Gasteiger partial charge in [-0.2, -0.15) is 0 Å². The van der Waals surface area contributed by atoms with Crippen LogP contribution >= 0.6 is 11.6 Å². The van der Waals surface area contributed by atoms with Crippen LogP contribution in [0, 0.1) is 13.8 Å². The van der Waals surface area contributed by atoms with Gasteiger partial charge in [0, 0.05) is 27.5 Å². The number of ether oxygens (including phenoxy) is 1. The Hall–Kier alpha value is -2.89. The highest BCUT2D eigenvalue weighted by Gasteiger charge is 2.33. The van der Waals surface area contributed by atoms with E-state index in [1.165, 1.54) is 0 Å². The highest BCUT2D eigenvalue weighted by Crippen LogP contribution is 2.32. The van der Waals surface area contributed by atoms with E-state index in [1.807, 2.05) is 37.3 Å². The van der Waals surface area contributed by atoms with Crippen LogP contribution in [-0.4, -0.2) is 21.2 Å². The van der Waals surface area contributed by atoms with Crippen molar-refractivity contribution in [1.29, 1.82) is 0 Å². The van der Waals surface area contributed by atoms with E-state index >= 15 is 0 Å². The molecule has 1 unspecified atom stereocenters. The third-order valence-corrected chi connectivity index (χ3v) is 5.23. The molecule has 0 bridgehead atoms. The first-order chi connectivity index (χ1) is 14.5. The molecule has 1 aromatic heterocycles. The summed E-state index contributed by atoms with van der Waals surface area (Å²) in [7, 11) is 0. The van der Waals surface area contributed by atoms with Gasteiger partial charge in [-0.05, 0) is 64.4 Å². The van der Waals surface area contributed by atoms with E-state index in [9.17, 15) is 14.7 Å². The maximum atomic E-state index is 13.5. The molecule has 2 aromatic carbocycles. The van der Waals surface area contributed by atoms with Crippen LogP contribution in [0.3, 0.4) is 0 Å². The summed E-state index contributed by atoms with van der Waals surface area (Å²) in [6.07, 6.45) is -1.33. The number of carbonyl (C=O) groups is 1. The summed E-state index contributed by atoms with van der Waals surface area (Å²) >= 11 is 6.08. The van der Waals surface area contributed by atoms with E-state index < -0.39 is 17.7 Å². The van der Waals surface area contributed by atoms with Crippen molar-refractivity contribution < 1.29 is 14.6 Å². The Balaban J connectivity index is 2.43. The molecule has 5 nitrogen and oxygen atoms in total. The largest absolute Gasteiger partial charge is 0.479 e. The van der Waals surface area contributed by atoms with Crippen LogP contribution in [0.1, 0.15) is 43.8 Å². The Morgan fingerprint density at radius 2 is 1.61 bits per heavy atom. The molecule has 3 aromatic rings. The smallest absolute Gasteiger partial charge is 0.339 e. The molecule has 6 heteroatoms. The number of rotatable bonds is 5. The summed E-state index contributed by atoms with van der Waals surface area (Å²) in [5, 5.41) is 10.6. The van der Waals surface area contributed by atoms with Crippen molar-refractivity contribution in [1.82, 2.24) is 4.57 Å². The average molecular weight is 440 g/mol. The van der Waals surface area contributed by atoms with E-state index in [0.29, 0.717) is 33.2 Å². The van der Waals surface area contributed by atoms with Gasteiger partial charge < -0.3 is 14.4 Å². The molecule has 0 radical (unpaired) electrons. The maximum absolute atomic E-state index is 13.5. The average Bonchev–Trinajstić information content (AvgIpc) is 2.70. The first-order valence-electron chi connectivity index (χ1n) is 9.99. The van der Waals surface area contributed by atoms with Gasteiger partial charge in [0.25, 0.3) is 0 Å². The van der Waals surface area contributed by atoms with E-state index in [2.05, 4.69) is 0 Å². The second-order valence-corrected chi connectivity index (χ2v) is 8.86. The van der Waals surface area contributed by atoms with Crippen LogP contribution in [0.4, 0.5) is 0 Å². The van der Waals surface area contributed by atoms with E-state index in [1.54, 1.807) is 56.5 Å². The Labute approximate surface area is 186 Å². The number of carboxylic acid groups (broad SMARTS) is 1. The predicted molar refractivity (Wildman–Crippen MR) is 123 cm³/mol. The highest BCUT2D eigenvalue weighted by atomic mass is 35.5. The second-order valence-electron chi connectivity index (χ2n) is 8.43. The van der Waals surface area contributed by atoms with Crippen LogP contribution in [0.25, 0.3) is 16.8 Å². The van der Waals surface area contributed by atoms with Crippen molar-refractivity contribution in [2.24, 2.45) is 0 Å². The first kappa shape index (κ1) is 22.8. The monoisotopic (exact) mass is 439 g/mol. The minimum atomic E-state index is -1.33. The number of benzene rings is 2. The Morgan fingerprint density at radius 3 is 2.13 bits per heavy atom. The predicted octanol–water partition coefficient (Wildman–Crippen LogP) is 5.72. The van der Waals surface area contributed by atoms with Gasteiger partial charge in [-0.3, -0.25) is 4.79 Å². The Morgan fingerprint density at radius 1 is 1.03 bits per heavy atom. The molecular weight excluding hydrogens is 414 g/mol. The van der Waals surface area contributed by atoms with Gasteiger partial charge in [0.15, 0.2) is 11.5 Å². The fourth-order valence-electron chi connectivity index (χ4n) is 3.69. The number of aromatic nitrogens is 1. The van der Waals surface area contributed by atoms with Gasteiger partial charge in [-0.1, -0.05) is 41.9 Å². The molecule has 1 heterocycles. The van der Waals surface area contributed by atoms with Gasteiger partial charge in [0.05, 0.1) is 11.3 Å². The normalized spacial score (nSPS) is 12.6. The number of nitrogens with zero attached hydrogens (tertiary/aromatic N) is 1. The van der Waals surface area contributed by atoms with Crippen molar-refractivity contribution in [3.63, 3.8) is 0 Å². The number of hydrogen-bond acceptors (Lipinski definition) is 3. The molecular formula is C25H26ClNO4. The fraction of sp³-hybridized carbons (Fsp3) is 0.280. The van der Waals surface area contributed by atoms with Gasteiger partial charge in [0.2, 0.25) is 0 Å². The third-order valence-electron chi connectivity index (χ3n) is 4.98. The molecule has 0 spiro atoms. The van der Waals surface area contributed by atoms with E-state index in [-0.39, 0.29) is 5.43 Å². The molecule has 162 valence electrons. The van der Waals surface area contributed by atoms with Crippen molar-refractivity contribution in [2.75, 3.05) is 0 Å². The number of halogens is 1. The van der Waals surface area contributed by atoms with Crippen LogP contribution in [0.15, 0.2) is 59.4 Å². The molecule has 3 rings (SSSR count). The van der Waals surface area contributed by atoms with Crippen molar-refractivity contribution in [2.45, 2.75) is 46.3 Å². The molecule has 0 aliphatic heterocycles. The number of pyridine rings is 1. The third kappa shape index (κ3) is 4.73. The number of carboxylic acids is 1. The van der Waals surface area contributed by atoms with Crippen molar-refractivity contribution >= 4 is 17.6 Å². The zero-order valence-electron chi connectivity index (χ0n) is 18.3. The lowest BCUT2D eigenvalue weighted by Crippen LogP contribution is -2.32. The topological polar surface area (TPSA) is 68.5 Å². The van der Waals surface area contributed by atoms with Crippen molar-refractivity contribution in [3.05, 3.63) is 86.8 Å². The standard InChI is InChI=1S/C25H26ClNO4/c1-15-21(23(24(29)30)31-25(3,4)5)27(19-13-11-18(26)12-14-19)16(2)20(22(15)28)17-9-7-6-8-10-17/h6-14,23H,1-5H3,(H,29,30). The van der Waals surface area contributed by atoms with Crippen LogP contribution in [0.2, 0.25) is 5.02 Å². The summed E-state index contributed by atoms with van der Waals surface area (Å²) in [5.74, 6) is -1.16. The summed E-state index contributed by atoms with van der Waals surface area (Å²) in [4.78, 5) is 25.7. The van der Waals surface area contributed by atoms with Gasteiger partial charge in [0.1, 0.15) is 0 Å². The van der Waals surface area contributed by atoms with Crippen LogP contribution in [-0.2, 0) is 9.53 Å². The van der Waals surface area contributed by atoms with Gasteiger partial charge in [-0.25, -0.2) is 4.79 Å². The summed E-state index contributed by atoms with van der Waals surface area (Å²) in [6, 6.07) is 16.4.